The molecule has 4 saturated heterocycles. The Labute approximate surface area is 314 Å². The fraction of sp³-hybridized carbons (Fsp3) is 0.857. The molecular formula is C28H42MnN2O23. The summed E-state index contributed by atoms with van der Waals surface area (Å²) in [6, 6.07) is -3.43. The summed E-state index contributed by atoms with van der Waals surface area (Å²) in [5.74, 6) is -5.83. The SMILES string of the molecule is CC(=O)N[C@@H]1[C@@H](O[C@@H]2O[C@H](C(=O)[O-])[C@@H](O[C@@H]3O[C@H](CO)[C@@H](O)[C@H](O[C@@H]4O[C@H](C(=O)[O-])[C@@H](O)[C@H](O)[C@H]4O)[C@H]3NC(C)=O)[C@H](O)[C@H]2O)[C@H](O)[C@@H](CO)O[C@H]1O.[Mn+2]. The standard InChI is InChI=1S/C28H44N2O23.Mn/c1-5(33)29-9-18(11(35)7(3-31)47-25(9)46)49-28-17(41)15(39)20(22(53-28)24(44)45)51-26-10(30-6(2)34)19(12(36)8(4-32)48-26)50-27-16(40)13(37)14(38)21(52-27)23(42)43;/h7-22,25-28,31-32,35-41,46H,3-4H2,1-2H3,(H,29,33)(H,30,34)(H,42,43)(H,44,45);/q;+2/p-2/t7-,8-,9-,10-,11-,12-,13+,14+,15-,16-,17-,18-,19-,20+,21+,22+,25-,26+,27-,28-;/m1./s1. The van der Waals surface area contributed by atoms with Crippen LogP contribution in [0.2, 0.25) is 0 Å². The number of aliphatic hydroxyl groups excluding tert-OH is 10. The Bertz CT molecular complexity index is 1300. The summed E-state index contributed by atoms with van der Waals surface area (Å²) in [6.45, 7) is 0.0522. The first kappa shape index (κ1) is 46.1. The van der Waals surface area contributed by atoms with E-state index >= 15 is 0 Å². The van der Waals surface area contributed by atoms with Crippen LogP contribution < -0.4 is 20.8 Å². The molecule has 0 aliphatic carbocycles. The summed E-state index contributed by atoms with van der Waals surface area (Å²) in [5, 5.41) is 133. The van der Waals surface area contributed by atoms with Crippen LogP contribution >= 0.6 is 0 Å². The Hall–Kier alpha value is -2.28. The van der Waals surface area contributed by atoms with Crippen LogP contribution in [0.1, 0.15) is 13.8 Å². The Morgan fingerprint density at radius 1 is 0.537 bits per heavy atom. The molecule has 4 fully saturated rings. The van der Waals surface area contributed by atoms with Crippen LogP contribution in [0, 0.1) is 0 Å². The topological polar surface area (TPSA) is 405 Å². The third-order valence-electron chi connectivity index (χ3n) is 8.92. The van der Waals surface area contributed by atoms with E-state index in [9.17, 15) is 80.5 Å². The molecule has 4 heterocycles. The zero-order chi connectivity index (χ0) is 39.6. The molecule has 0 unspecified atom stereocenters. The molecule has 0 bridgehead atoms. The second-order valence-corrected chi connectivity index (χ2v) is 12.7. The van der Waals surface area contributed by atoms with E-state index in [1.807, 2.05) is 0 Å². The van der Waals surface area contributed by atoms with E-state index in [4.69, 9.17) is 33.2 Å². The zero-order valence-corrected chi connectivity index (χ0v) is 29.3. The van der Waals surface area contributed by atoms with Crippen molar-refractivity contribution in [1.29, 1.82) is 0 Å². The van der Waals surface area contributed by atoms with Crippen molar-refractivity contribution in [2.75, 3.05) is 13.2 Å². The average molecular weight is 830 g/mol. The van der Waals surface area contributed by atoms with Gasteiger partial charge in [0.05, 0.1) is 25.2 Å². The summed E-state index contributed by atoms with van der Waals surface area (Å²) in [4.78, 5) is 47.9. The van der Waals surface area contributed by atoms with Crippen molar-refractivity contribution in [3.8, 4) is 0 Å². The molecule has 20 atom stereocenters. The van der Waals surface area contributed by atoms with Crippen molar-refractivity contribution in [2.45, 2.75) is 137 Å². The first-order chi connectivity index (χ1) is 24.8. The first-order valence-corrected chi connectivity index (χ1v) is 16.0. The van der Waals surface area contributed by atoms with Crippen LogP contribution in [0.4, 0.5) is 0 Å². The molecule has 0 spiro atoms. The van der Waals surface area contributed by atoms with Crippen molar-refractivity contribution in [2.24, 2.45) is 0 Å². The maximum atomic E-state index is 12.3. The summed E-state index contributed by atoms with van der Waals surface area (Å²) in [6.07, 6.45) is -37.4. The number of nitrogens with one attached hydrogen (secondary N) is 2. The third-order valence-corrected chi connectivity index (χ3v) is 8.92. The summed E-state index contributed by atoms with van der Waals surface area (Å²) in [5.41, 5.74) is 0. The van der Waals surface area contributed by atoms with Crippen LogP contribution in [-0.2, 0) is 69.4 Å². The second-order valence-electron chi connectivity index (χ2n) is 12.7. The van der Waals surface area contributed by atoms with E-state index in [2.05, 4.69) is 10.6 Å². The van der Waals surface area contributed by atoms with E-state index in [1.54, 1.807) is 0 Å². The van der Waals surface area contributed by atoms with Crippen molar-refractivity contribution >= 4 is 23.8 Å². The molecule has 12 N–H and O–H groups in total. The predicted molar refractivity (Wildman–Crippen MR) is 153 cm³/mol. The summed E-state index contributed by atoms with van der Waals surface area (Å²) < 4.78 is 37.7. The number of ether oxygens (including phenoxy) is 7. The molecule has 54 heavy (non-hydrogen) atoms. The Kier molecular flexibility index (Phi) is 16.4. The van der Waals surface area contributed by atoms with Gasteiger partial charge in [0, 0.05) is 13.8 Å². The maximum absolute atomic E-state index is 12.3. The molecule has 0 aromatic heterocycles. The van der Waals surface area contributed by atoms with Crippen LogP contribution in [0.5, 0.6) is 0 Å². The third kappa shape index (κ3) is 9.80. The van der Waals surface area contributed by atoms with Crippen molar-refractivity contribution in [3.63, 3.8) is 0 Å². The minimum atomic E-state index is -2.42. The molecule has 26 heteroatoms. The van der Waals surface area contributed by atoms with Crippen LogP contribution in [-0.4, -0.2) is 211 Å². The number of hydrogen-bond acceptors (Lipinski definition) is 23. The number of carbonyl (C=O) groups excluding carboxylic acids is 4. The van der Waals surface area contributed by atoms with Gasteiger partial charge in [-0.3, -0.25) is 9.59 Å². The molecule has 4 aliphatic rings. The molecule has 4 rings (SSSR count). The molecule has 0 aromatic carbocycles. The van der Waals surface area contributed by atoms with Gasteiger partial charge in [-0.2, -0.15) is 0 Å². The van der Waals surface area contributed by atoms with Gasteiger partial charge in [0.2, 0.25) is 11.8 Å². The van der Waals surface area contributed by atoms with Gasteiger partial charge in [0.1, 0.15) is 97.5 Å². The van der Waals surface area contributed by atoms with Gasteiger partial charge in [-0.15, -0.1) is 0 Å². The van der Waals surface area contributed by atoms with Gasteiger partial charge in [-0.05, 0) is 0 Å². The van der Waals surface area contributed by atoms with Crippen molar-refractivity contribution < 1.29 is 131 Å². The maximum Gasteiger partial charge on any atom is 2.00 e. The molecule has 309 valence electrons. The minimum Gasteiger partial charge on any atom is -0.547 e. The fourth-order valence-electron chi connectivity index (χ4n) is 6.28. The van der Waals surface area contributed by atoms with Gasteiger partial charge in [-0.1, -0.05) is 0 Å². The first-order valence-electron chi connectivity index (χ1n) is 16.0. The quantitative estimate of drug-likeness (QED) is 0.0812. The Morgan fingerprint density at radius 3 is 1.44 bits per heavy atom. The van der Waals surface area contributed by atoms with Gasteiger partial charge >= 0.3 is 17.1 Å². The van der Waals surface area contributed by atoms with Gasteiger partial charge in [0.15, 0.2) is 25.2 Å². The van der Waals surface area contributed by atoms with E-state index in [-0.39, 0.29) is 17.1 Å². The number of hydrogen-bond donors (Lipinski definition) is 12. The predicted octanol–water partition coefficient (Wildman–Crippen LogP) is -11.9. The molecule has 25 nitrogen and oxygen atoms in total. The molecule has 0 aromatic rings. The second kappa shape index (κ2) is 19.2. The smallest absolute Gasteiger partial charge is 0.547 e. The van der Waals surface area contributed by atoms with Gasteiger partial charge < -0.3 is 115 Å². The Morgan fingerprint density at radius 2 is 0.963 bits per heavy atom. The number of carboxylic acids is 2. The average Bonchev–Trinajstić information content (AvgIpc) is 3.08. The number of amides is 2. The van der Waals surface area contributed by atoms with E-state index in [1.165, 1.54) is 0 Å². The molecule has 4 aliphatic heterocycles. The van der Waals surface area contributed by atoms with Gasteiger partial charge in [0.25, 0.3) is 0 Å². The van der Waals surface area contributed by atoms with Crippen molar-refractivity contribution in [3.05, 3.63) is 0 Å². The molecule has 0 saturated carbocycles. The van der Waals surface area contributed by atoms with E-state index < -0.39 is 160 Å². The molecule has 1 radical (unpaired) electrons. The molecular weight excluding hydrogens is 787 g/mol. The van der Waals surface area contributed by atoms with E-state index in [0.29, 0.717) is 0 Å². The zero-order valence-electron chi connectivity index (χ0n) is 28.1. The fourth-order valence-corrected chi connectivity index (χ4v) is 6.28. The number of carboxylic acid groups (broad SMARTS) is 2. The van der Waals surface area contributed by atoms with E-state index in [0.717, 1.165) is 13.8 Å². The van der Waals surface area contributed by atoms with Gasteiger partial charge in [-0.25, -0.2) is 0 Å². The number of carbonyl (C=O) groups is 4. The van der Waals surface area contributed by atoms with Crippen LogP contribution in [0.25, 0.3) is 0 Å². The largest absolute Gasteiger partial charge is 2.00 e. The molecule has 2 amide bonds. The number of aliphatic carboxylic acids is 2. The van der Waals surface area contributed by atoms with Crippen LogP contribution in [0.15, 0.2) is 0 Å². The number of aliphatic hydroxyl groups is 10. The summed E-state index contributed by atoms with van der Waals surface area (Å²) in [7, 11) is 0. The summed E-state index contributed by atoms with van der Waals surface area (Å²) >= 11 is 0. The van der Waals surface area contributed by atoms with Crippen molar-refractivity contribution in [1.82, 2.24) is 10.6 Å². The monoisotopic (exact) mass is 829 g/mol. The number of rotatable bonds is 12. The normalized spacial score (nSPS) is 45.4. The Balaban J connectivity index is 0.00000784. The minimum absolute atomic E-state index is 0. The van der Waals surface area contributed by atoms with Crippen LogP contribution in [0.3, 0.4) is 0 Å².